The van der Waals surface area contributed by atoms with Gasteiger partial charge in [0, 0.05) is 32.0 Å². The highest BCUT2D eigenvalue weighted by atomic mass is 19.1. The quantitative estimate of drug-likeness (QED) is 0.763. The van der Waals surface area contributed by atoms with Gasteiger partial charge in [-0.05, 0) is 68.3 Å². The van der Waals surface area contributed by atoms with Gasteiger partial charge in [0.15, 0.2) is 0 Å². The van der Waals surface area contributed by atoms with E-state index >= 15 is 0 Å². The summed E-state index contributed by atoms with van der Waals surface area (Å²) >= 11 is 0. The minimum atomic E-state index is -0.182. The zero-order chi connectivity index (χ0) is 18.6. The van der Waals surface area contributed by atoms with Gasteiger partial charge in [0.25, 0.3) is 0 Å². The molecule has 2 aliphatic heterocycles. The Morgan fingerprint density at radius 2 is 1.67 bits per heavy atom. The summed E-state index contributed by atoms with van der Waals surface area (Å²) in [5, 5.41) is 0. The molecular formula is C23H33FN2O. The van der Waals surface area contributed by atoms with E-state index in [-0.39, 0.29) is 5.82 Å². The van der Waals surface area contributed by atoms with Gasteiger partial charge in [0.2, 0.25) is 5.91 Å². The summed E-state index contributed by atoms with van der Waals surface area (Å²) in [5.41, 5.74) is 1.19. The molecule has 0 bridgehead atoms. The Kier molecular flexibility index (Phi) is 6.11. The Balaban J connectivity index is 1.45. The zero-order valence-electron chi connectivity index (χ0n) is 16.4. The van der Waals surface area contributed by atoms with Gasteiger partial charge in [0.05, 0.1) is 0 Å². The maximum absolute atomic E-state index is 13.4. The maximum Gasteiger partial charge on any atom is 0.222 e. The Hall–Kier alpha value is -1.42. The van der Waals surface area contributed by atoms with E-state index in [4.69, 9.17) is 0 Å². The second-order valence-electron chi connectivity index (χ2n) is 8.93. The van der Waals surface area contributed by atoms with E-state index in [0.29, 0.717) is 23.7 Å². The summed E-state index contributed by atoms with van der Waals surface area (Å²) in [6, 6.07) is 6.98. The number of benzene rings is 1. The first-order valence-corrected chi connectivity index (χ1v) is 10.9. The van der Waals surface area contributed by atoms with Crippen LogP contribution in [0.3, 0.4) is 0 Å². The number of carbonyl (C=O) groups is 1. The third-order valence-corrected chi connectivity index (χ3v) is 6.97. The second-order valence-corrected chi connectivity index (χ2v) is 8.93. The molecule has 4 rings (SSSR count). The molecule has 27 heavy (non-hydrogen) atoms. The summed E-state index contributed by atoms with van der Waals surface area (Å²) < 4.78 is 13.4. The average Bonchev–Trinajstić information content (AvgIpc) is 3.33. The summed E-state index contributed by atoms with van der Waals surface area (Å²) in [5.74, 6) is 1.55. The van der Waals surface area contributed by atoms with Gasteiger partial charge in [-0.3, -0.25) is 4.79 Å². The van der Waals surface area contributed by atoms with Crippen LogP contribution in [-0.2, 0) is 4.79 Å². The standard InChI is InChI=1S/C23H33FN2O/c24-21-10-8-19(9-11-21)22-17-26(23(27)14-18-6-2-3-7-18)16-20(22)15-25-12-4-1-5-13-25/h8-11,18,20,22H,1-7,12-17H2. The van der Waals surface area contributed by atoms with Crippen LogP contribution in [0.1, 0.15) is 62.8 Å². The van der Waals surface area contributed by atoms with Crippen LogP contribution >= 0.6 is 0 Å². The summed E-state index contributed by atoms with van der Waals surface area (Å²) in [6.45, 7) is 5.10. The van der Waals surface area contributed by atoms with E-state index in [1.807, 2.05) is 12.1 Å². The molecule has 1 amide bonds. The lowest BCUT2D eigenvalue weighted by Crippen LogP contribution is -2.37. The van der Waals surface area contributed by atoms with Gasteiger partial charge < -0.3 is 9.80 Å². The van der Waals surface area contributed by atoms with Crippen molar-refractivity contribution in [2.45, 2.75) is 57.3 Å². The fraction of sp³-hybridized carbons (Fsp3) is 0.696. The summed E-state index contributed by atoms with van der Waals surface area (Å²) in [6.07, 6.45) is 9.66. The van der Waals surface area contributed by atoms with E-state index in [1.165, 1.54) is 63.6 Å². The molecule has 0 N–H and O–H groups in total. The number of rotatable bonds is 5. The Morgan fingerprint density at radius 3 is 2.37 bits per heavy atom. The van der Waals surface area contributed by atoms with Crippen LogP contribution in [0.4, 0.5) is 4.39 Å². The van der Waals surface area contributed by atoms with Crippen LogP contribution in [0, 0.1) is 17.7 Å². The third-order valence-electron chi connectivity index (χ3n) is 6.97. The van der Waals surface area contributed by atoms with Crippen LogP contribution in [0.2, 0.25) is 0 Å². The topological polar surface area (TPSA) is 23.6 Å². The molecule has 2 unspecified atom stereocenters. The third kappa shape index (κ3) is 4.71. The first-order chi connectivity index (χ1) is 13.2. The predicted octanol–water partition coefficient (Wildman–Crippen LogP) is 4.43. The number of nitrogens with zero attached hydrogens (tertiary/aromatic N) is 2. The number of hydrogen-bond acceptors (Lipinski definition) is 2. The molecule has 1 aromatic rings. The monoisotopic (exact) mass is 372 g/mol. The molecule has 2 atom stereocenters. The molecule has 2 saturated heterocycles. The van der Waals surface area contributed by atoms with Crippen molar-refractivity contribution >= 4 is 5.91 Å². The first kappa shape index (κ1) is 18.9. The fourth-order valence-electron chi connectivity index (χ4n) is 5.41. The Bertz CT molecular complexity index is 620. The van der Waals surface area contributed by atoms with Crippen molar-refractivity contribution in [3.05, 3.63) is 35.6 Å². The van der Waals surface area contributed by atoms with Gasteiger partial charge >= 0.3 is 0 Å². The predicted molar refractivity (Wildman–Crippen MR) is 106 cm³/mol. The lowest BCUT2D eigenvalue weighted by atomic mass is 9.88. The van der Waals surface area contributed by atoms with E-state index in [2.05, 4.69) is 9.80 Å². The highest BCUT2D eigenvalue weighted by Crippen LogP contribution is 2.36. The number of amides is 1. The number of likely N-dealkylation sites (tertiary alicyclic amines) is 2. The largest absolute Gasteiger partial charge is 0.342 e. The second kappa shape index (κ2) is 8.72. The Labute approximate surface area is 162 Å². The van der Waals surface area contributed by atoms with Gasteiger partial charge in [0.1, 0.15) is 5.82 Å². The van der Waals surface area contributed by atoms with E-state index in [9.17, 15) is 9.18 Å². The number of carbonyl (C=O) groups excluding carboxylic acids is 1. The van der Waals surface area contributed by atoms with E-state index < -0.39 is 0 Å². The molecule has 3 fully saturated rings. The zero-order valence-corrected chi connectivity index (χ0v) is 16.4. The number of hydrogen-bond donors (Lipinski definition) is 0. The molecule has 0 spiro atoms. The van der Waals surface area contributed by atoms with Crippen LogP contribution in [-0.4, -0.2) is 48.4 Å². The van der Waals surface area contributed by atoms with Crippen molar-refractivity contribution in [1.29, 1.82) is 0 Å². The van der Waals surface area contributed by atoms with Gasteiger partial charge in [-0.2, -0.15) is 0 Å². The lowest BCUT2D eigenvalue weighted by molar-refractivity contribution is -0.131. The normalized spacial score (nSPS) is 27.4. The van der Waals surface area contributed by atoms with Gasteiger partial charge in [-0.1, -0.05) is 31.4 Å². The number of halogens is 1. The molecule has 3 nitrogen and oxygen atoms in total. The van der Waals surface area contributed by atoms with Crippen LogP contribution < -0.4 is 0 Å². The molecular weight excluding hydrogens is 339 g/mol. The summed E-state index contributed by atoms with van der Waals surface area (Å²) in [7, 11) is 0. The minimum absolute atomic E-state index is 0.182. The molecule has 3 aliphatic rings. The SMILES string of the molecule is O=C(CC1CCCC1)N1CC(CN2CCCCC2)C(c2ccc(F)cc2)C1. The highest BCUT2D eigenvalue weighted by Gasteiger charge is 2.37. The fourth-order valence-corrected chi connectivity index (χ4v) is 5.41. The average molecular weight is 373 g/mol. The van der Waals surface area contributed by atoms with Crippen molar-refractivity contribution in [2.24, 2.45) is 11.8 Å². The van der Waals surface area contributed by atoms with Crippen molar-refractivity contribution in [2.75, 3.05) is 32.7 Å². The lowest BCUT2D eigenvalue weighted by Gasteiger charge is -2.31. The molecule has 2 heterocycles. The minimum Gasteiger partial charge on any atom is -0.342 e. The van der Waals surface area contributed by atoms with Crippen molar-refractivity contribution < 1.29 is 9.18 Å². The van der Waals surface area contributed by atoms with Crippen LogP contribution in [0.15, 0.2) is 24.3 Å². The Morgan fingerprint density at radius 1 is 0.963 bits per heavy atom. The molecule has 0 radical (unpaired) electrons. The number of piperidine rings is 1. The molecule has 0 aromatic heterocycles. The summed E-state index contributed by atoms with van der Waals surface area (Å²) in [4.78, 5) is 17.6. The van der Waals surface area contributed by atoms with E-state index in [1.54, 1.807) is 12.1 Å². The van der Waals surface area contributed by atoms with Crippen LogP contribution in [0.25, 0.3) is 0 Å². The van der Waals surface area contributed by atoms with Crippen molar-refractivity contribution in [3.63, 3.8) is 0 Å². The highest BCUT2D eigenvalue weighted by molar-refractivity contribution is 5.77. The molecule has 1 aromatic carbocycles. The van der Waals surface area contributed by atoms with E-state index in [0.717, 1.165) is 26.1 Å². The first-order valence-electron chi connectivity index (χ1n) is 10.9. The van der Waals surface area contributed by atoms with Gasteiger partial charge in [-0.15, -0.1) is 0 Å². The molecule has 1 aliphatic carbocycles. The molecule has 4 heteroatoms. The van der Waals surface area contributed by atoms with Crippen molar-refractivity contribution in [3.8, 4) is 0 Å². The van der Waals surface area contributed by atoms with Crippen molar-refractivity contribution in [1.82, 2.24) is 9.80 Å². The van der Waals surface area contributed by atoms with Gasteiger partial charge in [-0.25, -0.2) is 4.39 Å². The maximum atomic E-state index is 13.4. The van der Waals surface area contributed by atoms with Crippen LogP contribution in [0.5, 0.6) is 0 Å². The molecule has 148 valence electrons. The smallest absolute Gasteiger partial charge is 0.222 e. The molecule has 1 saturated carbocycles.